The number of carbonyl (C=O) groups is 2. The standard InChI is InChI=1S/C21H33N5O4/c1-16(29-15-17-11-7-5-8-12-17)18(25-20(28)30-21(2,3)4)19(27)23-13-9-6-10-14-24-26-22/h5,7-8,11-12,16,18H,6,9-10,13-15H2,1-4H3,(H,23,27)(H,25,28)/t16-,18-/m0/s1. The minimum Gasteiger partial charge on any atom is -0.444 e. The third-order valence-corrected chi connectivity index (χ3v) is 4.08. The first-order valence-corrected chi connectivity index (χ1v) is 10.2. The predicted molar refractivity (Wildman–Crippen MR) is 115 cm³/mol. The molecule has 166 valence electrons. The lowest BCUT2D eigenvalue weighted by atomic mass is 10.1. The van der Waals surface area contributed by atoms with E-state index in [1.54, 1.807) is 27.7 Å². The van der Waals surface area contributed by atoms with Crippen LogP contribution in [-0.4, -0.2) is 42.8 Å². The van der Waals surface area contributed by atoms with E-state index in [1.165, 1.54) is 0 Å². The number of amides is 2. The summed E-state index contributed by atoms with van der Waals surface area (Å²) in [4.78, 5) is 27.6. The Bertz CT molecular complexity index is 699. The van der Waals surface area contributed by atoms with Crippen molar-refractivity contribution in [1.29, 1.82) is 0 Å². The minimum absolute atomic E-state index is 0.321. The molecular formula is C21H33N5O4. The zero-order valence-electron chi connectivity index (χ0n) is 18.3. The maximum Gasteiger partial charge on any atom is 0.408 e. The van der Waals surface area contributed by atoms with Crippen LogP contribution in [0.4, 0.5) is 4.79 Å². The Morgan fingerprint density at radius 2 is 1.87 bits per heavy atom. The van der Waals surface area contributed by atoms with Crippen LogP contribution in [0.15, 0.2) is 35.4 Å². The van der Waals surface area contributed by atoms with Crippen LogP contribution in [0.2, 0.25) is 0 Å². The third-order valence-electron chi connectivity index (χ3n) is 4.08. The SMILES string of the molecule is C[C@H](OCc1ccccc1)[C@H](NC(=O)OC(C)(C)C)C(=O)NCCCCCN=[N+]=[N-]. The van der Waals surface area contributed by atoms with Gasteiger partial charge >= 0.3 is 6.09 Å². The summed E-state index contributed by atoms with van der Waals surface area (Å²) in [7, 11) is 0. The van der Waals surface area contributed by atoms with E-state index in [-0.39, 0.29) is 5.91 Å². The second-order valence-corrected chi connectivity index (χ2v) is 7.93. The Labute approximate surface area is 178 Å². The van der Waals surface area contributed by atoms with Crippen molar-refractivity contribution >= 4 is 12.0 Å². The Morgan fingerprint density at radius 3 is 2.50 bits per heavy atom. The van der Waals surface area contributed by atoms with Crippen molar-refractivity contribution in [1.82, 2.24) is 10.6 Å². The van der Waals surface area contributed by atoms with E-state index < -0.39 is 23.8 Å². The maximum atomic E-state index is 12.7. The lowest BCUT2D eigenvalue weighted by molar-refractivity contribution is -0.127. The van der Waals surface area contributed by atoms with Crippen molar-refractivity contribution in [3.63, 3.8) is 0 Å². The van der Waals surface area contributed by atoms with E-state index in [0.717, 1.165) is 24.8 Å². The number of nitrogens with zero attached hydrogens (tertiary/aromatic N) is 3. The Morgan fingerprint density at radius 1 is 1.17 bits per heavy atom. The highest BCUT2D eigenvalue weighted by molar-refractivity contribution is 5.86. The van der Waals surface area contributed by atoms with Crippen LogP contribution in [0.5, 0.6) is 0 Å². The quantitative estimate of drug-likeness (QED) is 0.229. The molecule has 1 aromatic rings. The van der Waals surface area contributed by atoms with Crippen molar-refractivity contribution in [2.75, 3.05) is 13.1 Å². The number of alkyl carbamates (subject to hydrolysis) is 1. The first kappa shape index (κ1) is 25.3. The number of benzene rings is 1. The van der Waals surface area contributed by atoms with Crippen LogP contribution in [0, 0.1) is 0 Å². The van der Waals surface area contributed by atoms with Gasteiger partial charge in [-0.05, 0) is 51.6 Å². The van der Waals surface area contributed by atoms with Gasteiger partial charge in [0.15, 0.2) is 0 Å². The molecule has 0 unspecified atom stereocenters. The molecule has 0 radical (unpaired) electrons. The number of unbranched alkanes of at least 4 members (excludes halogenated alkanes) is 2. The fraction of sp³-hybridized carbons (Fsp3) is 0.619. The van der Waals surface area contributed by atoms with Gasteiger partial charge in [-0.1, -0.05) is 41.9 Å². The van der Waals surface area contributed by atoms with Gasteiger partial charge in [0, 0.05) is 18.0 Å². The lowest BCUT2D eigenvalue weighted by Gasteiger charge is -2.27. The van der Waals surface area contributed by atoms with Gasteiger partial charge in [0.1, 0.15) is 11.6 Å². The second-order valence-electron chi connectivity index (χ2n) is 7.93. The third kappa shape index (κ3) is 11.3. The molecule has 9 heteroatoms. The first-order chi connectivity index (χ1) is 14.2. The molecule has 9 nitrogen and oxygen atoms in total. The van der Waals surface area contributed by atoms with Crippen LogP contribution >= 0.6 is 0 Å². The second kappa shape index (κ2) is 13.5. The number of carbonyl (C=O) groups excluding carboxylic acids is 2. The number of ether oxygens (including phenoxy) is 2. The predicted octanol–water partition coefficient (Wildman–Crippen LogP) is 4.08. The van der Waals surface area contributed by atoms with Gasteiger partial charge in [0.2, 0.25) is 5.91 Å². The molecule has 0 aromatic heterocycles. The molecule has 2 N–H and O–H groups in total. The Hall–Kier alpha value is -2.77. The molecule has 1 aromatic carbocycles. The van der Waals surface area contributed by atoms with E-state index in [0.29, 0.717) is 19.7 Å². The molecule has 0 bridgehead atoms. The number of azide groups is 1. The average molecular weight is 420 g/mol. The number of hydrogen-bond donors (Lipinski definition) is 2. The van der Waals surface area contributed by atoms with Gasteiger partial charge in [-0.15, -0.1) is 0 Å². The van der Waals surface area contributed by atoms with E-state index in [4.69, 9.17) is 15.0 Å². The molecule has 2 atom stereocenters. The summed E-state index contributed by atoms with van der Waals surface area (Å²) >= 11 is 0. The zero-order chi connectivity index (χ0) is 22.4. The molecule has 0 spiro atoms. The van der Waals surface area contributed by atoms with Crippen molar-refractivity contribution < 1.29 is 19.1 Å². The van der Waals surface area contributed by atoms with Gasteiger partial charge in [-0.3, -0.25) is 4.79 Å². The summed E-state index contributed by atoms with van der Waals surface area (Å²) in [5, 5.41) is 8.93. The van der Waals surface area contributed by atoms with E-state index >= 15 is 0 Å². The lowest BCUT2D eigenvalue weighted by Crippen LogP contribution is -2.54. The first-order valence-electron chi connectivity index (χ1n) is 10.2. The summed E-state index contributed by atoms with van der Waals surface area (Å²) in [6.45, 7) is 8.23. The zero-order valence-corrected chi connectivity index (χ0v) is 18.3. The molecular weight excluding hydrogens is 386 g/mol. The molecule has 0 saturated carbocycles. The molecule has 30 heavy (non-hydrogen) atoms. The Kier molecular flexibility index (Phi) is 11.3. The molecule has 2 amide bonds. The molecule has 0 heterocycles. The van der Waals surface area contributed by atoms with Gasteiger partial charge in [-0.2, -0.15) is 0 Å². The van der Waals surface area contributed by atoms with Gasteiger partial charge in [0.05, 0.1) is 12.7 Å². The molecule has 0 saturated heterocycles. The monoisotopic (exact) mass is 419 g/mol. The maximum absolute atomic E-state index is 12.7. The van der Waals surface area contributed by atoms with Crippen molar-refractivity contribution in [3.05, 3.63) is 46.3 Å². The summed E-state index contributed by atoms with van der Waals surface area (Å²) in [5.74, 6) is -0.337. The summed E-state index contributed by atoms with van der Waals surface area (Å²) in [6.07, 6.45) is 1.08. The average Bonchev–Trinajstić information content (AvgIpc) is 2.69. The fourth-order valence-corrected chi connectivity index (χ4v) is 2.58. The highest BCUT2D eigenvalue weighted by atomic mass is 16.6. The summed E-state index contributed by atoms with van der Waals surface area (Å²) in [6, 6.07) is 8.70. The summed E-state index contributed by atoms with van der Waals surface area (Å²) in [5.41, 5.74) is 8.56. The number of hydrogen-bond acceptors (Lipinski definition) is 5. The van der Waals surface area contributed by atoms with Crippen LogP contribution in [-0.2, 0) is 20.9 Å². The topological polar surface area (TPSA) is 125 Å². The van der Waals surface area contributed by atoms with Gasteiger partial charge in [-0.25, -0.2) is 4.79 Å². The van der Waals surface area contributed by atoms with Crippen LogP contribution in [0.1, 0.15) is 52.5 Å². The van der Waals surface area contributed by atoms with Crippen molar-refractivity contribution in [2.24, 2.45) is 5.11 Å². The van der Waals surface area contributed by atoms with E-state index in [9.17, 15) is 9.59 Å². The molecule has 0 aliphatic heterocycles. The highest BCUT2D eigenvalue weighted by Crippen LogP contribution is 2.10. The minimum atomic E-state index is -0.897. The van der Waals surface area contributed by atoms with Gasteiger partial charge in [0.25, 0.3) is 0 Å². The van der Waals surface area contributed by atoms with E-state index in [2.05, 4.69) is 20.7 Å². The number of rotatable bonds is 12. The van der Waals surface area contributed by atoms with Crippen LogP contribution in [0.3, 0.4) is 0 Å². The van der Waals surface area contributed by atoms with Crippen LogP contribution < -0.4 is 10.6 Å². The van der Waals surface area contributed by atoms with Crippen molar-refractivity contribution in [2.45, 2.75) is 71.3 Å². The van der Waals surface area contributed by atoms with Crippen LogP contribution in [0.25, 0.3) is 10.4 Å². The largest absolute Gasteiger partial charge is 0.444 e. The molecule has 0 aliphatic rings. The smallest absolute Gasteiger partial charge is 0.408 e. The van der Waals surface area contributed by atoms with Crippen molar-refractivity contribution in [3.8, 4) is 0 Å². The highest BCUT2D eigenvalue weighted by Gasteiger charge is 2.29. The molecule has 0 aliphatic carbocycles. The van der Waals surface area contributed by atoms with E-state index in [1.807, 2.05) is 30.3 Å². The normalized spacial score (nSPS) is 12.9. The Balaban J connectivity index is 2.62. The molecule has 1 rings (SSSR count). The summed E-state index contributed by atoms with van der Waals surface area (Å²) < 4.78 is 11.1. The number of nitrogens with one attached hydrogen (secondary N) is 2. The van der Waals surface area contributed by atoms with Gasteiger partial charge < -0.3 is 20.1 Å². The fourth-order valence-electron chi connectivity index (χ4n) is 2.58. The molecule has 0 fully saturated rings.